The quantitative estimate of drug-likeness (QED) is 0.360. The molecule has 0 saturated carbocycles. The van der Waals surface area contributed by atoms with E-state index < -0.39 is 28.3 Å². The van der Waals surface area contributed by atoms with Crippen LogP contribution in [0.2, 0.25) is 5.02 Å². The van der Waals surface area contributed by atoms with Crippen LogP contribution in [0.3, 0.4) is 0 Å². The Balaban J connectivity index is 1.89. The molecule has 0 radical (unpaired) electrons. The second-order valence-corrected chi connectivity index (χ2v) is 9.01. The summed E-state index contributed by atoms with van der Waals surface area (Å²) in [5.41, 5.74) is 3.06. The predicted octanol–water partition coefficient (Wildman–Crippen LogP) is 4.22. The molecular formula is C23H21ClFN3O4S. The van der Waals surface area contributed by atoms with Gasteiger partial charge in [0.25, 0.3) is 15.9 Å². The first-order valence-electron chi connectivity index (χ1n) is 9.89. The van der Waals surface area contributed by atoms with E-state index in [9.17, 15) is 17.6 Å². The molecule has 3 rings (SSSR count). The SMILES string of the molecule is CCOc1ccccc1N(CC(=O)N/N=C\c1ccc(F)cc1)S(=O)(=O)c1ccc(Cl)cc1. The fraction of sp³-hybridized carbons (Fsp3) is 0.130. The van der Waals surface area contributed by atoms with E-state index in [4.69, 9.17) is 16.3 Å². The first kappa shape index (κ1) is 24.2. The number of hydrogen-bond acceptors (Lipinski definition) is 5. The standard InChI is InChI=1S/C23H21ClFN3O4S/c1-2-32-22-6-4-3-5-21(22)28(33(30,31)20-13-9-18(24)10-14-20)16-23(29)27-26-15-17-7-11-19(25)12-8-17/h3-15H,2,16H2,1H3,(H,27,29)/b26-15-. The van der Waals surface area contributed by atoms with Crippen LogP contribution >= 0.6 is 11.6 Å². The summed E-state index contributed by atoms with van der Waals surface area (Å²) >= 11 is 5.90. The van der Waals surface area contributed by atoms with Gasteiger partial charge in [-0.05, 0) is 61.0 Å². The zero-order valence-corrected chi connectivity index (χ0v) is 19.2. The Labute approximate surface area is 196 Å². The fourth-order valence-corrected chi connectivity index (χ4v) is 4.43. The van der Waals surface area contributed by atoms with Gasteiger partial charge in [0.2, 0.25) is 0 Å². The lowest BCUT2D eigenvalue weighted by Gasteiger charge is -2.25. The van der Waals surface area contributed by atoms with Crippen molar-refractivity contribution >= 4 is 39.4 Å². The minimum atomic E-state index is -4.15. The van der Waals surface area contributed by atoms with Crippen molar-refractivity contribution in [3.63, 3.8) is 0 Å². The molecule has 0 fully saturated rings. The molecule has 0 bridgehead atoms. The summed E-state index contributed by atoms with van der Waals surface area (Å²) in [6.07, 6.45) is 1.32. The average molecular weight is 490 g/mol. The number of nitrogens with one attached hydrogen (secondary N) is 1. The Morgan fingerprint density at radius 3 is 2.42 bits per heavy atom. The minimum Gasteiger partial charge on any atom is -0.492 e. The van der Waals surface area contributed by atoms with E-state index >= 15 is 0 Å². The van der Waals surface area contributed by atoms with E-state index in [2.05, 4.69) is 10.5 Å². The summed E-state index contributed by atoms with van der Waals surface area (Å²) in [4.78, 5) is 12.6. The highest BCUT2D eigenvalue weighted by Crippen LogP contribution is 2.32. The van der Waals surface area contributed by atoms with Gasteiger partial charge in [0.1, 0.15) is 18.1 Å². The van der Waals surface area contributed by atoms with Gasteiger partial charge in [-0.3, -0.25) is 9.10 Å². The van der Waals surface area contributed by atoms with Crippen molar-refractivity contribution in [2.75, 3.05) is 17.5 Å². The summed E-state index contributed by atoms with van der Waals surface area (Å²) < 4.78 is 46.4. The first-order chi connectivity index (χ1) is 15.8. The molecular weight excluding hydrogens is 469 g/mol. The Morgan fingerprint density at radius 2 is 1.76 bits per heavy atom. The highest BCUT2D eigenvalue weighted by molar-refractivity contribution is 7.92. The van der Waals surface area contributed by atoms with Crippen LogP contribution in [-0.2, 0) is 14.8 Å². The van der Waals surface area contributed by atoms with Crippen LogP contribution in [0.25, 0.3) is 0 Å². The maximum Gasteiger partial charge on any atom is 0.264 e. The second-order valence-electron chi connectivity index (χ2n) is 6.71. The molecule has 0 saturated heterocycles. The van der Waals surface area contributed by atoms with E-state index in [0.717, 1.165) is 4.31 Å². The van der Waals surface area contributed by atoms with E-state index in [0.29, 0.717) is 22.9 Å². The molecule has 3 aromatic rings. The molecule has 7 nitrogen and oxygen atoms in total. The third-order valence-electron chi connectivity index (χ3n) is 4.40. The largest absolute Gasteiger partial charge is 0.492 e. The summed E-state index contributed by atoms with van der Waals surface area (Å²) in [6.45, 7) is 1.52. The van der Waals surface area contributed by atoms with Gasteiger partial charge in [-0.25, -0.2) is 18.2 Å². The third kappa shape index (κ3) is 6.30. The molecule has 1 amide bonds. The van der Waals surface area contributed by atoms with Crippen LogP contribution < -0.4 is 14.5 Å². The molecule has 0 aliphatic heterocycles. The molecule has 0 aromatic heterocycles. The topological polar surface area (TPSA) is 88.1 Å². The van der Waals surface area contributed by atoms with Crippen molar-refractivity contribution < 1.29 is 22.3 Å². The first-order valence-corrected chi connectivity index (χ1v) is 11.7. The van der Waals surface area contributed by atoms with Crippen LogP contribution in [0.15, 0.2) is 82.8 Å². The van der Waals surface area contributed by atoms with Gasteiger partial charge in [0.05, 0.1) is 23.4 Å². The molecule has 0 aliphatic carbocycles. The Kier molecular flexibility index (Phi) is 8.02. The van der Waals surface area contributed by atoms with Gasteiger partial charge in [-0.2, -0.15) is 5.10 Å². The highest BCUT2D eigenvalue weighted by Gasteiger charge is 2.29. The molecule has 0 unspecified atom stereocenters. The van der Waals surface area contributed by atoms with Gasteiger partial charge < -0.3 is 4.74 Å². The van der Waals surface area contributed by atoms with E-state index in [1.807, 2.05) is 0 Å². The lowest BCUT2D eigenvalue weighted by molar-refractivity contribution is -0.119. The van der Waals surface area contributed by atoms with Gasteiger partial charge in [0.15, 0.2) is 0 Å². The van der Waals surface area contributed by atoms with E-state index in [-0.39, 0.29) is 10.6 Å². The Bertz CT molecular complexity index is 1230. The van der Waals surface area contributed by atoms with Gasteiger partial charge in [-0.15, -0.1) is 0 Å². The van der Waals surface area contributed by atoms with Crippen molar-refractivity contribution in [3.8, 4) is 5.75 Å². The molecule has 0 heterocycles. The van der Waals surface area contributed by atoms with Crippen LogP contribution in [0.4, 0.5) is 10.1 Å². The average Bonchev–Trinajstić information content (AvgIpc) is 2.80. The monoisotopic (exact) mass is 489 g/mol. The van der Waals surface area contributed by atoms with Crippen LogP contribution in [-0.4, -0.2) is 33.7 Å². The number of benzene rings is 3. The number of carbonyl (C=O) groups excluding carboxylic acids is 1. The number of rotatable bonds is 9. The zero-order valence-electron chi connectivity index (χ0n) is 17.6. The third-order valence-corrected chi connectivity index (χ3v) is 6.42. The molecule has 0 aliphatic rings. The van der Waals surface area contributed by atoms with Crippen molar-refractivity contribution in [1.29, 1.82) is 0 Å². The number of amides is 1. The van der Waals surface area contributed by atoms with Crippen LogP contribution in [0.5, 0.6) is 5.75 Å². The van der Waals surface area contributed by atoms with Gasteiger partial charge in [0, 0.05) is 5.02 Å². The van der Waals surface area contributed by atoms with Gasteiger partial charge >= 0.3 is 0 Å². The number of nitrogens with zero attached hydrogens (tertiary/aromatic N) is 2. The molecule has 1 N–H and O–H groups in total. The molecule has 33 heavy (non-hydrogen) atoms. The maximum atomic E-state index is 13.4. The number of ether oxygens (including phenoxy) is 1. The molecule has 10 heteroatoms. The molecule has 0 spiro atoms. The smallest absolute Gasteiger partial charge is 0.264 e. The number of para-hydroxylation sites is 2. The summed E-state index contributed by atoms with van der Waals surface area (Å²) in [5, 5.41) is 4.20. The van der Waals surface area contributed by atoms with Crippen LogP contribution in [0.1, 0.15) is 12.5 Å². The minimum absolute atomic E-state index is 0.0409. The van der Waals surface area contributed by atoms with Crippen molar-refractivity contribution in [2.45, 2.75) is 11.8 Å². The number of halogens is 2. The fourth-order valence-electron chi connectivity index (χ4n) is 2.87. The predicted molar refractivity (Wildman–Crippen MR) is 126 cm³/mol. The number of anilines is 1. The van der Waals surface area contributed by atoms with Gasteiger partial charge in [-0.1, -0.05) is 35.9 Å². The van der Waals surface area contributed by atoms with Crippen LogP contribution in [0, 0.1) is 5.82 Å². The van der Waals surface area contributed by atoms with Crippen molar-refractivity contribution in [2.24, 2.45) is 5.10 Å². The molecule has 3 aromatic carbocycles. The lowest BCUT2D eigenvalue weighted by Crippen LogP contribution is -2.39. The Hall–Kier alpha value is -3.43. The summed E-state index contributed by atoms with van der Waals surface area (Å²) in [7, 11) is -4.15. The zero-order chi connectivity index (χ0) is 23.8. The van der Waals surface area contributed by atoms with E-state index in [1.165, 1.54) is 54.7 Å². The maximum absolute atomic E-state index is 13.4. The Morgan fingerprint density at radius 1 is 1.09 bits per heavy atom. The number of carbonyl (C=O) groups is 1. The number of hydrazone groups is 1. The highest BCUT2D eigenvalue weighted by atomic mass is 35.5. The summed E-state index contributed by atoms with van der Waals surface area (Å²) in [6, 6.07) is 17.6. The second kappa shape index (κ2) is 10.9. The normalized spacial score (nSPS) is 11.4. The summed E-state index contributed by atoms with van der Waals surface area (Å²) in [5.74, 6) is -0.774. The number of sulfonamides is 1. The molecule has 0 atom stereocenters. The molecule has 172 valence electrons. The van der Waals surface area contributed by atoms with Crippen molar-refractivity contribution in [1.82, 2.24) is 5.43 Å². The lowest BCUT2D eigenvalue weighted by atomic mass is 10.2. The van der Waals surface area contributed by atoms with E-state index in [1.54, 1.807) is 31.2 Å². The number of hydrogen-bond donors (Lipinski definition) is 1. The van der Waals surface area contributed by atoms with Crippen molar-refractivity contribution in [3.05, 3.63) is 89.2 Å².